The van der Waals surface area contributed by atoms with Gasteiger partial charge in [0.1, 0.15) is 0 Å². The molecule has 1 aromatic carbocycles. The monoisotopic (exact) mass is 251 g/mol. The number of rotatable bonds is 3. The van der Waals surface area contributed by atoms with Gasteiger partial charge in [-0.3, -0.25) is 4.79 Å². The maximum Gasteiger partial charge on any atom is 0.161 e. The van der Waals surface area contributed by atoms with Crippen LogP contribution >= 0.6 is 11.6 Å². The van der Waals surface area contributed by atoms with Gasteiger partial charge in [0.05, 0.1) is 5.02 Å². The lowest BCUT2D eigenvalue weighted by molar-refractivity contribution is 0.101. The Bertz CT molecular complexity index is 424. The van der Waals surface area contributed by atoms with Gasteiger partial charge >= 0.3 is 0 Å². The van der Waals surface area contributed by atoms with Gasteiger partial charge in [-0.1, -0.05) is 24.4 Å². The van der Waals surface area contributed by atoms with Crippen LogP contribution in [0.3, 0.4) is 0 Å². The molecule has 2 rings (SSSR count). The minimum atomic E-state index is 0.0186. The second-order valence-corrected chi connectivity index (χ2v) is 5.18. The lowest BCUT2D eigenvalue weighted by atomic mass is 10.1. The molecule has 17 heavy (non-hydrogen) atoms. The van der Waals surface area contributed by atoms with Crippen molar-refractivity contribution in [1.29, 1.82) is 0 Å². The number of benzene rings is 1. The number of ketones is 1. The second-order valence-electron chi connectivity index (χ2n) is 4.77. The van der Waals surface area contributed by atoms with Crippen molar-refractivity contribution in [1.82, 2.24) is 0 Å². The standard InChI is InChI=1S/C14H18ClNO/c1-10(17)13-8-7-12(9-14(13)15)16(2)11-5-3-4-6-11/h7-9,11H,3-6H2,1-2H3. The van der Waals surface area contributed by atoms with Crippen LogP contribution < -0.4 is 4.90 Å². The van der Waals surface area contributed by atoms with Gasteiger partial charge in [0.25, 0.3) is 0 Å². The zero-order chi connectivity index (χ0) is 12.4. The summed E-state index contributed by atoms with van der Waals surface area (Å²) in [5.74, 6) is 0.0186. The van der Waals surface area contributed by atoms with E-state index in [2.05, 4.69) is 11.9 Å². The van der Waals surface area contributed by atoms with Crippen molar-refractivity contribution in [2.24, 2.45) is 0 Å². The molecule has 0 bridgehead atoms. The molecule has 1 aromatic rings. The molecular weight excluding hydrogens is 234 g/mol. The molecule has 0 amide bonds. The summed E-state index contributed by atoms with van der Waals surface area (Å²) in [7, 11) is 2.11. The molecule has 0 radical (unpaired) electrons. The van der Waals surface area contributed by atoms with E-state index < -0.39 is 0 Å². The van der Waals surface area contributed by atoms with Gasteiger partial charge in [0.2, 0.25) is 0 Å². The van der Waals surface area contributed by atoms with Crippen LogP contribution in [0, 0.1) is 0 Å². The van der Waals surface area contributed by atoms with Crippen molar-refractivity contribution >= 4 is 23.1 Å². The van der Waals surface area contributed by atoms with Crippen molar-refractivity contribution < 1.29 is 4.79 Å². The smallest absolute Gasteiger partial charge is 0.161 e. The summed E-state index contributed by atoms with van der Waals surface area (Å²) >= 11 is 6.13. The highest BCUT2D eigenvalue weighted by Gasteiger charge is 2.20. The van der Waals surface area contributed by atoms with E-state index >= 15 is 0 Å². The molecule has 0 N–H and O–H groups in total. The third-order valence-electron chi connectivity index (χ3n) is 3.61. The number of carbonyl (C=O) groups excluding carboxylic acids is 1. The van der Waals surface area contributed by atoms with Gasteiger partial charge in [-0.05, 0) is 38.0 Å². The van der Waals surface area contributed by atoms with Crippen LogP contribution in [0.5, 0.6) is 0 Å². The molecule has 92 valence electrons. The molecular formula is C14H18ClNO. The van der Waals surface area contributed by atoms with Gasteiger partial charge in [-0.25, -0.2) is 0 Å². The first kappa shape index (κ1) is 12.4. The van der Waals surface area contributed by atoms with E-state index in [-0.39, 0.29) is 5.78 Å². The summed E-state index contributed by atoms with van der Waals surface area (Å²) < 4.78 is 0. The fourth-order valence-electron chi connectivity index (χ4n) is 2.51. The van der Waals surface area contributed by atoms with Crippen molar-refractivity contribution in [2.75, 3.05) is 11.9 Å². The fourth-order valence-corrected chi connectivity index (χ4v) is 2.82. The van der Waals surface area contributed by atoms with E-state index in [1.807, 2.05) is 18.2 Å². The van der Waals surface area contributed by atoms with Gasteiger partial charge in [0, 0.05) is 24.3 Å². The number of hydrogen-bond acceptors (Lipinski definition) is 2. The summed E-state index contributed by atoms with van der Waals surface area (Å²) in [5, 5.41) is 0.555. The number of anilines is 1. The number of nitrogens with zero attached hydrogens (tertiary/aromatic N) is 1. The quantitative estimate of drug-likeness (QED) is 0.759. The first-order chi connectivity index (χ1) is 8.09. The fraction of sp³-hybridized carbons (Fsp3) is 0.500. The average molecular weight is 252 g/mol. The summed E-state index contributed by atoms with van der Waals surface area (Å²) in [6.45, 7) is 1.54. The molecule has 0 saturated heterocycles. The van der Waals surface area contributed by atoms with Crippen molar-refractivity contribution in [3.8, 4) is 0 Å². The first-order valence-corrected chi connectivity index (χ1v) is 6.50. The Hall–Kier alpha value is -1.02. The zero-order valence-corrected chi connectivity index (χ0v) is 11.1. The van der Waals surface area contributed by atoms with E-state index in [1.54, 1.807) is 6.92 Å². The predicted molar refractivity (Wildman–Crippen MR) is 72.1 cm³/mol. The summed E-state index contributed by atoms with van der Waals surface area (Å²) in [5.41, 5.74) is 1.71. The maximum absolute atomic E-state index is 11.3. The van der Waals surface area contributed by atoms with Crippen molar-refractivity contribution in [3.63, 3.8) is 0 Å². The summed E-state index contributed by atoms with van der Waals surface area (Å²) in [6.07, 6.45) is 5.13. The minimum Gasteiger partial charge on any atom is -0.372 e. The van der Waals surface area contributed by atoms with E-state index in [4.69, 9.17) is 11.6 Å². The zero-order valence-electron chi connectivity index (χ0n) is 10.4. The van der Waals surface area contributed by atoms with Crippen LogP contribution in [0.1, 0.15) is 43.0 Å². The SMILES string of the molecule is CC(=O)c1ccc(N(C)C2CCCC2)cc1Cl. The Morgan fingerprint density at radius 3 is 2.53 bits per heavy atom. The molecule has 2 nitrogen and oxygen atoms in total. The van der Waals surface area contributed by atoms with Crippen LogP contribution in [0.2, 0.25) is 5.02 Å². The van der Waals surface area contributed by atoms with Gasteiger partial charge in [0.15, 0.2) is 5.78 Å². The number of halogens is 1. The molecule has 1 fully saturated rings. The van der Waals surface area contributed by atoms with Gasteiger partial charge in [-0.2, -0.15) is 0 Å². The Kier molecular flexibility index (Phi) is 3.72. The van der Waals surface area contributed by atoms with E-state index in [0.29, 0.717) is 16.6 Å². The molecule has 0 aromatic heterocycles. The van der Waals surface area contributed by atoms with E-state index in [9.17, 15) is 4.79 Å². The Morgan fingerprint density at radius 2 is 2.00 bits per heavy atom. The molecule has 0 heterocycles. The normalized spacial score (nSPS) is 16.2. The molecule has 0 unspecified atom stereocenters. The number of carbonyl (C=O) groups is 1. The third-order valence-corrected chi connectivity index (χ3v) is 3.92. The Labute approximate surface area is 108 Å². The van der Waals surface area contributed by atoms with Gasteiger partial charge in [-0.15, -0.1) is 0 Å². The van der Waals surface area contributed by atoms with E-state index in [0.717, 1.165) is 5.69 Å². The second kappa shape index (κ2) is 5.09. The highest BCUT2D eigenvalue weighted by Crippen LogP contribution is 2.29. The molecule has 1 saturated carbocycles. The van der Waals surface area contributed by atoms with E-state index in [1.165, 1.54) is 25.7 Å². The van der Waals surface area contributed by atoms with Gasteiger partial charge < -0.3 is 4.90 Å². The van der Waals surface area contributed by atoms with Crippen LogP contribution in [-0.4, -0.2) is 18.9 Å². The Balaban J connectivity index is 2.21. The third kappa shape index (κ3) is 2.63. The van der Waals surface area contributed by atoms with Crippen LogP contribution in [0.4, 0.5) is 5.69 Å². The molecule has 1 aliphatic carbocycles. The summed E-state index contributed by atoms with van der Waals surface area (Å²) in [4.78, 5) is 13.6. The Morgan fingerprint density at radius 1 is 1.35 bits per heavy atom. The minimum absolute atomic E-state index is 0.0186. The molecule has 1 aliphatic rings. The number of Topliss-reactive ketones (excluding diaryl/α,β-unsaturated/α-hetero) is 1. The lowest BCUT2D eigenvalue weighted by Crippen LogP contribution is -2.28. The largest absolute Gasteiger partial charge is 0.372 e. The molecule has 0 atom stereocenters. The predicted octanol–water partition coefficient (Wildman–Crippen LogP) is 3.92. The number of hydrogen-bond donors (Lipinski definition) is 0. The molecule has 0 aliphatic heterocycles. The highest BCUT2D eigenvalue weighted by atomic mass is 35.5. The lowest BCUT2D eigenvalue weighted by Gasteiger charge is -2.26. The first-order valence-electron chi connectivity index (χ1n) is 6.13. The topological polar surface area (TPSA) is 20.3 Å². The summed E-state index contributed by atoms with van der Waals surface area (Å²) in [6, 6.07) is 6.33. The highest BCUT2D eigenvalue weighted by molar-refractivity contribution is 6.34. The van der Waals surface area contributed by atoms with Crippen molar-refractivity contribution in [3.05, 3.63) is 28.8 Å². The molecule has 0 spiro atoms. The van der Waals surface area contributed by atoms with Crippen LogP contribution in [-0.2, 0) is 0 Å². The maximum atomic E-state index is 11.3. The average Bonchev–Trinajstić information content (AvgIpc) is 2.80. The van der Waals surface area contributed by atoms with Crippen LogP contribution in [0.25, 0.3) is 0 Å². The van der Waals surface area contributed by atoms with Crippen molar-refractivity contribution in [2.45, 2.75) is 38.6 Å². The molecule has 3 heteroatoms. The van der Waals surface area contributed by atoms with Crippen LogP contribution in [0.15, 0.2) is 18.2 Å².